The first-order valence-electron chi connectivity index (χ1n) is 5.03. The van der Waals surface area contributed by atoms with E-state index in [1.807, 2.05) is 24.3 Å². The largest absolute Gasteiger partial charge is 0.447 e. The van der Waals surface area contributed by atoms with Crippen molar-refractivity contribution in [2.45, 2.75) is 0 Å². The number of hydrogen-bond acceptors (Lipinski definition) is 3. The van der Waals surface area contributed by atoms with E-state index in [9.17, 15) is 4.79 Å². The number of nitrogens with zero attached hydrogens (tertiary/aromatic N) is 1. The van der Waals surface area contributed by atoms with Crippen molar-refractivity contribution >= 4 is 17.5 Å². The highest BCUT2D eigenvalue weighted by molar-refractivity contribution is 5.89. The minimum absolute atomic E-state index is 0.297. The highest BCUT2D eigenvalue weighted by atomic mass is 16.6. The van der Waals surface area contributed by atoms with E-state index in [2.05, 4.69) is 11.2 Å². The lowest BCUT2D eigenvalue weighted by atomic mass is 10.2. The Hall–Kier alpha value is -2.15. The zero-order valence-corrected chi connectivity index (χ0v) is 8.77. The molecule has 1 fully saturated rings. The third kappa shape index (κ3) is 2.09. The Morgan fingerprint density at radius 2 is 2.44 bits per heavy atom. The van der Waals surface area contributed by atoms with Gasteiger partial charge in [-0.05, 0) is 18.2 Å². The van der Waals surface area contributed by atoms with Crippen LogP contribution in [0.2, 0.25) is 0 Å². The minimum Gasteiger partial charge on any atom is -0.447 e. The zero-order valence-electron chi connectivity index (χ0n) is 8.77. The first-order valence-corrected chi connectivity index (χ1v) is 5.03. The first-order chi connectivity index (χ1) is 7.81. The van der Waals surface area contributed by atoms with Crippen LogP contribution >= 0.6 is 0 Å². The quantitative estimate of drug-likeness (QED) is 0.782. The summed E-state index contributed by atoms with van der Waals surface area (Å²) in [6.07, 6.45) is 4.86. The molecule has 1 aromatic carbocycles. The van der Waals surface area contributed by atoms with Crippen LogP contribution in [-0.4, -0.2) is 25.8 Å². The lowest BCUT2D eigenvalue weighted by molar-refractivity contribution is 0.181. The molecule has 82 valence electrons. The molecule has 0 unspecified atom stereocenters. The van der Waals surface area contributed by atoms with E-state index in [1.165, 1.54) is 0 Å². The molecule has 0 aliphatic carbocycles. The number of amides is 1. The Kier molecular flexibility index (Phi) is 2.97. The van der Waals surface area contributed by atoms with Crippen molar-refractivity contribution in [2.75, 3.05) is 29.9 Å². The van der Waals surface area contributed by atoms with E-state index in [1.54, 1.807) is 4.90 Å². The minimum atomic E-state index is -0.297. The van der Waals surface area contributed by atoms with Crippen LogP contribution in [0.25, 0.3) is 0 Å². The van der Waals surface area contributed by atoms with Gasteiger partial charge in [-0.3, -0.25) is 4.90 Å². The maximum atomic E-state index is 11.4. The van der Waals surface area contributed by atoms with E-state index in [0.29, 0.717) is 19.7 Å². The van der Waals surface area contributed by atoms with Gasteiger partial charge in [-0.1, -0.05) is 12.0 Å². The number of anilines is 2. The van der Waals surface area contributed by atoms with Crippen molar-refractivity contribution in [3.8, 4) is 12.3 Å². The van der Waals surface area contributed by atoms with Crippen LogP contribution < -0.4 is 10.2 Å². The third-order valence-corrected chi connectivity index (χ3v) is 2.31. The molecule has 0 aromatic heterocycles. The van der Waals surface area contributed by atoms with Gasteiger partial charge in [0, 0.05) is 11.4 Å². The molecule has 1 aliphatic rings. The average molecular weight is 216 g/mol. The topological polar surface area (TPSA) is 41.6 Å². The van der Waals surface area contributed by atoms with Gasteiger partial charge < -0.3 is 10.1 Å². The Bertz CT molecular complexity index is 437. The van der Waals surface area contributed by atoms with Crippen molar-refractivity contribution in [3.05, 3.63) is 24.3 Å². The van der Waals surface area contributed by atoms with Gasteiger partial charge in [-0.25, -0.2) is 4.79 Å². The van der Waals surface area contributed by atoms with Crippen LogP contribution in [0.15, 0.2) is 24.3 Å². The summed E-state index contributed by atoms with van der Waals surface area (Å²) in [5.74, 6) is 2.50. The van der Waals surface area contributed by atoms with Gasteiger partial charge in [0.25, 0.3) is 0 Å². The molecule has 0 saturated carbocycles. The molecule has 0 bridgehead atoms. The Balaban J connectivity index is 2.15. The van der Waals surface area contributed by atoms with Gasteiger partial charge in [-0.15, -0.1) is 6.42 Å². The molecule has 1 N–H and O–H groups in total. The van der Waals surface area contributed by atoms with Crippen LogP contribution in [0.4, 0.5) is 16.2 Å². The van der Waals surface area contributed by atoms with Gasteiger partial charge in [0.15, 0.2) is 0 Å². The first kappa shape index (κ1) is 10.4. The summed E-state index contributed by atoms with van der Waals surface area (Å²) in [5.41, 5.74) is 1.72. The highest BCUT2D eigenvalue weighted by Crippen LogP contribution is 2.22. The second-order valence-electron chi connectivity index (χ2n) is 3.37. The summed E-state index contributed by atoms with van der Waals surface area (Å²) in [7, 11) is 0. The molecule has 2 rings (SSSR count). The molecule has 1 aromatic rings. The Morgan fingerprint density at radius 3 is 3.12 bits per heavy atom. The SMILES string of the molecule is C#CCNc1cccc(N2CCOC2=O)c1. The Morgan fingerprint density at radius 1 is 1.56 bits per heavy atom. The van der Waals surface area contributed by atoms with E-state index >= 15 is 0 Å². The van der Waals surface area contributed by atoms with Crippen LogP contribution in [-0.2, 0) is 4.74 Å². The number of cyclic esters (lactones) is 1. The highest BCUT2D eigenvalue weighted by Gasteiger charge is 2.23. The summed E-state index contributed by atoms with van der Waals surface area (Å²) in [4.78, 5) is 12.9. The van der Waals surface area contributed by atoms with Gasteiger partial charge in [0.2, 0.25) is 0 Å². The number of carbonyl (C=O) groups is 1. The second kappa shape index (κ2) is 4.58. The molecule has 0 spiro atoms. The van der Waals surface area contributed by atoms with Crippen LogP contribution in [0.5, 0.6) is 0 Å². The summed E-state index contributed by atoms with van der Waals surface area (Å²) in [6.45, 7) is 1.51. The monoisotopic (exact) mass is 216 g/mol. The molecule has 0 radical (unpaired) electrons. The smallest absolute Gasteiger partial charge is 0.414 e. The molecular weight excluding hydrogens is 204 g/mol. The van der Waals surface area contributed by atoms with Crippen LogP contribution in [0.1, 0.15) is 0 Å². The van der Waals surface area contributed by atoms with Crippen LogP contribution in [0, 0.1) is 12.3 Å². The predicted octanol–water partition coefficient (Wildman–Crippen LogP) is 1.69. The van der Waals surface area contributed by atoms with E-state index < -0.39 is 0 Å². The third-order valence-electron chi connectivity index (χ3n) is 2.31. The normalized spacial score (nSPS) is 14.4. The molecule has 4 heteroatoms. The molecule has 1 amide bonds. The van der Waals surface area contributed by atoms with Crippen molar-refractivity contribution in [3.63, 3.8) is 0 Å². The molecule has 4 nitrogen and oxygen atoms in total. The van der Waals surface area contributed by atoms with Gasteiger partial charge in [0.05, 0.1) is 13.1 Å². The molecule has 16 heavy (non-hydrogen) atoms. The predicted molar refractivity (Wildman–Crippen MR) is 62.5 cm³/mol. The fraction of sp³-hybridized carbons (Fsp3) is 0.250. The maximum absolute atomic E-state index is 11.4. The molecule has 1 aliphatic heterocycles. The maximum Gasteiger partial charge on any atom is 0.414 e. The number of carbonyl (C=O) groups excluding carboxylic acids is 1. The number of nitrogens with one attached hydrogen (secondary N) is 1. The fourth-order valence-electron chi connectivity index (χ4n) is 1.56. The van der Waals surface area contributed by atoms with Crippen molar-refractivity contribution in [2.24, 2.45) is 0 Å². The standard InChI is InChI=1S/C12H12N2O2/c1-2-6-13-10-4-3-5-11(9-10)14-7-8-16-12(14)15/h1,3-5,9,13H,6-8H2. The van der Waals surface area contributed by atoms with E-state index in [-0.39, 0.29) is 6.09 Å². The molecule has 0 atom stereocenters. The summed E-state index contributed by atoms with van der Waals surface area (Å²) < 4.78 is 4.88. The van der Waals surface area contributed by atoms with E-state index in [4.69, 9.17) is 11.2 Å². The van der Waals surface area contributed by atoms with E-state index in [0.717, 1.165) is 11.4 Å². The lowest BCUT2D eigenvalue weighted by Gasteiger charge is -2.13. The molecule has 1 saturated heterocycles. The van der Waals surface area contributed by atoms with Crippen molar-refractivity contribution in [1.82, 2.24) is 0 Å². The van der Waals surface area contributed by atoms with Crippen LogP contribution in [0.3, 0.4) is 0 Å². The second-order valence-corrected chi connectivity index (χ2v) is 3.37. The Labute approximate surface area is 94.2 Å². The van der Waals surface area contributed by atoms with Crippen molar-refractivity contribution in [1.29, 1.82) is 0 Å². The number of ether oxygens (including phenoxy) is 1. The lowest BCUT2D eigenvalue weighted by Crippen LogP contribution is -2.23. The summed E-state index contributed by atoms with van der Waals surface area (Å²) >= 11 is 0. The number of terminal acetylenes is 1. The van der Waals surface area contributed by atoms with Gasteiger partial charge in [0.1, 0.15) is 6.61 Å². The fourth-order valence-corrected chi connectivity index (χ4v) is 1.56. The molecular formula is C12H12N2O2. The van der Waals surface area contributed by atoms with Gasteiger partial charge in [-0.2, -0.15) is 0 Å². The van der Waals surface area contributed by atoms with Crippen molar-refractivity contribution < 1.29 is 9.53 Å². The van der Waals surface area contributed by atoms with Gasteiger partial charge >= 0.3 is 6.09 Å². The molecule has 1 heterocycles. The number of benzene rings is 1. The average Bonchev–Trinajstić information content (AvgIpc) is 2.73. The summed E-state index contributed by atoms with van der Waals surface area (Å²) in [6, 6.07) is 7.53. The zero-order chi connectivity index (χ0) is 11.4. The number of rotatable bonds is 3. The number of hydrogen-bond donors (Lipinski definition) is 1. The summed E-state index contributed by atoms with van der Waals surface area (Å²) in [5, 5.41) is 3.06.